The van der Waals surface area contributed by atoms with Gasteiger partial charge in [0.25, 0.3) is 0 Å². The van der Waals surface area contributed by atoms with E-state index in [1.54, 1.807) is 0 Å². The fourth-order valence-electron chi connectivity index (χ4n) is 1.89. The smallest absolute Gasteiger partial charge is 0.0941 e. The highest BCUT2D eigenvalue weighted by Crippen LogP contribution is 2.36. The first-order chi connectivity index (χ1) is 4.81. The first-order valence-corrected chi connectivity index (χ1v) is 4.06. The third kappa shape index (κ3) is 0.956. The topological polar surface area (TPSA) is 18.5 Å². The fourth-order valence-corrected chi connectivity index (χ4v) is 1.89. The van der Waals surface area contributed by atoms with E-state index in [0.717, 1.165) is 19.6 Å². The molecule has 0 bridgehead atoms. The molecule has 1 unspecified atom stereocenters. The molecule has 0 aromatic carbocycles. The molecule has 58 valence electrons. The number of ether oxygens (including phenoxy) is 2. The highest BCUT2D eigenvalue weighted by Gasteiger charge is 2.41. The molecule has 2 heteroatoms. The number of rotatable bonds is 0. The summed E-state index contributed by atoms with van der Waals surface area (Å²) in [4.78, 5) is 0. The largest absolute Gasteiger partial charge is 0.378 e. The summed E-state index contributed by atoms with van der Waals surface area (Å²) in [6, 6.07) is 0. The van der Waals surface area contributed by atoms with Gasteiger partial charge in [-0.3, -0.25) is 0 Å². The maximum Gasteiger partial charge on any atom is 0.0941 e. The summed E-state index contributed by atoms with van der Waals surface area (Å²) in [5.74, 6) is 0. The van der Waals surface area contributed by atoms with E-state index >= 15 is 0 Å². The van der Waals surface area contributed by atoms with E-state index in [-0.39, 0.29) is 5.60 Å². The molecule has 0 aromatic heterocycles. The zero-order valence-electron chi connectivity index (χ0n) is 6.43. The van der Waals surface area contributed by atoms with E-state index in [1.165, 1.54) is 12.8 Å². The molecule has 0 radical (unpaired) electrons. The van der Waals surface area contributed by atoms with Gasteiger partial charge in [-0.05, 0) is 19.8 Å². The van der Waals surface area contributed by atoms with Crippen LogP contribution in [0.2, 0.25) is 0 Å². The maximum absolute atomic E-state index is 5.78. The van der Waals surface area contributed by atoms with Crippen molar-refractivity contribution >= 4 is 0 Å². The molecule has 0 aliphatic carbocycles. The van der Waals surface area contributed by atoms with Crippen molar-refractivity contribution in [3.63, 3.8) is 0 Å². The molecule has 10 heavy (non-hydrogen) atoms. The van der Waals surface area contributed by atoms with Gasteiger partial charge in [0, 0.05) is 13.0 Å². The van der Waals surface area contributed by atoms with Crippen LogP contribution in [0.3, 0.4) is 0 Å². The minimum absolute atomic E-state index is 0.138. The molecule has 2 rings (SSSR count). The van der Waals surface area contributed by atoms with Crippen molar-refractivity contribution in [3.8, 4) is 0 Å². The second kappa shape index (κ2) is 2.21. The van der Waals surface area contributed by atoms with E-state index in [2.05, 4.69) is 6.92 Å². The molecule has 2 nitrogen and oxygen atoms in total. The zero-order chi connectivity index (χ0) is 7.03. The lowest BCUT2D eigenvalue weighted by Crippen LogP contribution is -2.28. The quantitative estimate of drug-likeness (QED) is 0.508. The standard InChI is InChI=1S/C8H14O2/c1-7-2-3-8(10-7)4-5-9-6-8/h7H,2-6H2,1H3/t7-,8?/m0/s1. The zero-order valence-corrected chi connectivity index (χ0v) is 6.43. The van der Waals surface area contributed by atoms with Gasteiger partial charge < -0.3 is 9.47 Å². The molecule has 2 fully saturated rings. The summed E-state index contributed by atoms with van der Waals surface area (Å²) in [5.41, 5.74) is 0.138. The number of hydrogen-bond acceptors (Lipinski definition) is 2. The average Bonchev–Trinajstić information content (AvgIpc) is 2.46. The highest BCUT2D eigenvalue weighted by atomic mass is 16.6. The Kier molecular flexibility index (Phi) is 1.46. The van der Waals surface area contributed by atoms with Gasteiger partial charge in [0.2, 0.25) is 0 Å². The lowest BCUT2D eigenvalue weighted by Gasteiger charge is -2.20. The minimum Gasteiger partial charge on any atom is -0.378 e. The summed E-state index contributed by atoms with van der Waals surface area (Å²) in [6.45, 7) is 3.87. The van der Waals surface area contributed by atoms with Gasteiger partial charge >= 0.3 is 0 Å². The molecule has 2 heterocycles. The van der Waals surface area contributed by atoms with Gasteiger partial charge in [0.1, 0.15) is 0 Å². The normalized spacial score (nSPS) is 47.1. The molecule has 0 saturated carbocycles. The lowest BCUT2D eigenvalue weighted by atomic mass is 9.99. The van der Waals surface area contributed by atoms with Crippen LogP contribution in [-0.4, -0.2) is 24.9 Å². The third-order valence-corrected chi connectivity index (χ3v) is 2.52. The van der Waals surface area contributed by atoms with Crippen LogP contribution >= 0.6 is 0 Å². The van der Waals surface area contributed by atoms with E-state index < -0.39 is 0 Å². The van der Waals surface area contributed by atoms with E-state index in [1.807, 2.05) is 0 Å². The molecule has 1 spiro atoms. The molecule has 2 atom stereocenters. The molecule has 2 aliphatic rings. The van der Waals surface area contributed by atoms with Gasteiger partial charge in [-0.2, -0.15) is 0 Å². The van der Waals surface area contributed by atoms with Gasteiger partial charge in [-0.15, -0.1) is 0 Å². The summed E-state index contributed by atoms with van der Waals surface area (Å²) >= 11 is 0. The van der Waals surface area contributed by atoms with Crippen molar-refractivity contribution in [2.45, 2.75) is 37.9 Å². The van der Waals surface area contributed by atoms with E-state index in [9.17, 15) is 0 Å². The predicted molar refractivity (Wildman–Crippen MR) is 37.9 cm³/mol. The first-order valence-electron chi connectivity index (χ1n) is 4.06. The predicted octanol–water partition coefficient (Wildman–Crippen LogP) is 1.34. The Morgan fingerprint density at radius 1 is 1.40 bits per heavy atom. The van der Waals surface area contributed by atoms with Crippen LogP contribution in [0, 0.1) is 0 Å². The van der Waals surface area contributed by atoms with Crippen molar-refractivity contribution in [1.82, 2.24) is 0 Å². The van der Waals surface area contributed by atoms with Gasteiger partial charge in [0.05, 0.1) is 18.3 Å². The monoisotopic (exact) mass is 142 g/mol. The Balaban J connectivity index is 2.03. The second-order valence-electron chi connectivity index (χ2n) is 3.45. The average molecular weight is 142 g/mol. The Morgan fingerprint density at radius 3 is 2.80 bits per heavy atom. The molecular weight excluding hydrogens is 128 g/mol. The molecule has 0 amide bonds. The Bertz CT molecular complexity index is 127. The van der Waals surface area contributed by atoms with Crippen LogP contribution < -0.4 is 0 Å². The molecule has 0 N–H and O–H groups in total. The van der Waals surface area contributed by atoms with Crippen LogP contribution in [0.5, 0.6) is 0 Å². The third-order valence-electron chi connectivity index (χ3n) is 2.52. The molecule has 2 saturated heterocycles. The molecular formula is C8H14O2. The SMILES string of the molecule is C[C@H]1CCC2(CCOC2)O1. The second-order valence-corrected chi connectivity index (χ2v) is 3.45. The van der Waals surface area contributed by atoms with Crippen LogP contribution in [0.1, 0.15) is 26.2 Å². The van der Waals surface area contributed by atoms with E-state index in [0.29, 0.717) is 6.10 Å². The van der Waals surface area contributed by atoms with Crippen molar-refractivity contribution in [3.05, 3.63) is 0 Å². The van der Waals surface area contributed by atoms with Gasteiger partial charge in [-0.25, -0.2) is 0 Å². The lowest BCUT2D eigenvalue weighted by molar-refractivity contribution is -0.0375. The Labute approximate surface area is 61.5 Å². The van der Waals surface area contributed by atoms with Crippen molar-refractivity contribution in [2.75, 3.05) is 13.2 Å². The summed E-state index contributed by atoms with van der Waals surface area (Å²) in [6.07, 6.45) is 3.98. The van der Waals surface area contributed by atoms with Gasteiger partial charge in [-0.1, -0.05) is 0 Å². The summed E-state index contributed by atoms with van der Waals surface area (Å²) < 4.78 is 11.1. The van der Waals surface area contributed by atoms with Crippen LogP contribution in [0.25, 0.3) is 0 Å². The van der Waals surface area contributed by atoms with Gasteiger partial charge in [0.15, 0.2) is 0 Å². The Morgan fingerprint density at radius 2 is 2.30 bits per heavy atom. The fraction of sp³-hybridized carbons (Fsp3) is 1.00. The van der Waals surface area contributed by atoms with Crippen molar-refractivity contribution < 1.29 is 9.47 Å². The maximum atomic E-state index is 5.78. The van der Waals surface area contributed by atoms with Crippen LogP contribution in [0.15, 0.2) is 0 Å². The first kappa shape index (κ1) is 6.62. The summed E-state index contributed by atoms with van der Waals surface area (Å²) in [5, 5.41) is 0. The number of hydrogen-bond donors (Lipinski definition) is 0. The minimum atomic E-state index is 0.138. The van der Waals surface area contributed by atoms with E-state index in [4.69, 9.17) is 9.47 Å². The molecule has 2 aliphatic heterocycles. The molecule has 0 aromatic rings. The highest BCUT2D eigenvalue weighted by molar-refractivity contribution is 4.90. The van der Waals surface area contributed by atoms with Crippen molar-refractivity contribution in [1.29, 1.82) is 0 Å². The van der Waals surface area contributed by atoms with Crippen molar-refractivity contribution in [2.24, 2.45) is 0 Å². The van der Waals surface area contributed by atoms with Crippen LogP contribution in [0.4, 0.5) is 0 Å². The van der Waals surface area contributed by atoms with Crippen LogP contribution in [-0.2, 0) is 9.47 Å². The summed E-state index contributed by atoms with van der Waals surface area (Å²) in [7, 11) is 0. The Hall–Kier alpha value is -0.0800.